The first-order valence-corrected chi connectivity index (χ1v) is 8.88. The number of aliphatic hydroxyl groups excluding tert-OH is 1. The molecule has 0 aromatic heterocycles. The molecule has 132 valence electrons. The summed E-state index contributed by atoms with van der Waals surface area (Å²) in [6.45, 7) is 4.17. The molecule has 0 radical (unpaired) electrons. The average Bonchev–Trinajstić information content (AvgIpc) is 2.69. The molecule has 0 amide bonds. The van der Waals surface area contributed by atoms with Gasteiger partial charge < -0.3 is 9.84 Å². The summed E-state index contributed by atoms with van der Waals surface area (Å²) in [5.41, 5.74) is 5.97. The van der Waals surface area contributed by atoms with Gasteiger partial charge in [0.25, 0.3) is 0 Å². The highest BCUT2D eigenvalue weighted by atomic mass is 16.5. The van der Waals surface area contributed by atoms with E-state index < -0.39 is 6.10 Å². The average molecular weight is 344 g/mol. The van der Waals surface area contributed by atoms with E-state index in [1.807, 2.05) is 24.3 Å². The lowest BCUT2D eigenvalue weighted by Gasteiger charge is -2.15. The first-order chi connectivity index (χ1) is 12.6. The zero-order chi connectivity index (χ0) is 18.4. The Hall–Kier alpha value is -2.84. The summed E-state index contributed by atoms with van der Waals surface area (Å²) in [6.07, 6.45) is -0.477. The molecule has 0 spiro atoms. The first-order valence-electron chi connectivity index (χ1n) is 8.88. The third-order valence-electron chi connectivity index (χ3n) is 4.28. The van der Waals surface area contributed by atoms with E-state index in [9.17, 15) is 5.11 Å². The summed E-state index contributed by atoms with van der Waals surface area (Å²) in [4.78, 5) is 0. The van der Waals surface area contributed by atoms with E-state index in [4.69, 9.17) is 4.74 Å². The monoisotopic (exact) mass is 344 g/mol. The summed E-state index contributed by atoms with van der Waals surface area (Å²) in [7, 11) is 0. The van der Waals surface area contributed by atoms with Crippen LogP contribution in [0.4, 0.5) is 0 Å². The van der Waals surface area contributed by atoms with Crippen molar-refractivity contribution >= 4 is 11.1 Å². The van der Waals surface area contributed by atoms with Crippen LogP contribution < -0.4 is 4.74 Å². The molecule has 2 heteroatoms. The van der Waals surface area contributed by atoms with Crippen LogP contribution in [-0.4, -0.2) is 17.8 Å². The van der Waals surface area contributed by atoms with E-state index in [0.29, 0.717) is 6.61 Å². The third kappa shape index (κ3) is 4.41. The highest BCUT2D eigenvalue weighted by molar-refractivity contribution is 5.97. The summed E-state index contributed by atoms with van der Waals surface area (Å²) in [5.74, 6) is 0.763. The second-order valence-electron chi connectivity index (χ2n) is 6.42. The Bertz CT molecular complexity index is 848. The molecule has 2 nitrogen and oxygen atoms in total. The van der Waals surface area contributed by atoms with Gasteiger partial charge in [-0.25, -0.2) is 0 Å². The van der Waals surface area contributed by atoms with Gasteiger partial charge in [-0.1, -0.05) is 72.8 Å². The fraction of sp³-hybridized carbons (Fsp3) is 0.167. The summed E-state index contributed by atoms with van der Waals surface area (Å²) >= 11 is 0. The SMILES string of the molecule is C/C(=C(/c1ccccc1)c1ccc(OCC(C)O)cc1)c1ccccc1. The van der Waals surface area contributed by atoms with E-state index in [1.165, 1.54) is 22.3 Å². The minimum absolute atomic E-state index is 0.295. The lowest BCUT2D eigenvalue weighted by Crippen LogP contribution is -2.12. The molecular weight excluding hydrogens is 320 g/mol. The van der Waals surface area contributed by atoms with Gasteiger partial charge in [0.1, 0.15) is 12.4 Å². The summed E-state index contributed by atoms with van der Waals surface area (Å²) in [5, 5.41) is 9.37. The van der Waals surface area contributed by atoms with Gasteiger partial charge in [-0.15, -0.1) is 0 Å². The third-order valence-corrected chi connectivity index (χ3v) is 4.28. The number of hydrogen-bond donors (Lipinski definition) is 1. The van der Waals surface area contributed by atoms with Crippen molar-refractivity contribution in [2.75, 3.05) is 6.61 Å². The molecule has 1 atom stereocenters. The number of allylic oxidation sites excluding steroid dienone is 1. The van der Waals surface area contributed by atoms with Gasteiger partial charge in [0, 0.05) is 0 Å². The zero-order valence-corrected chi connectivity index (χ0v) is 15.2. The van der Waals surface area contributed by atoms with Crippen molar-refractivity contribution < 1.29 is 9.84 Å². The van der Waals surface area contributed by atoms with Crippen molar-refractivity contribution in [1.82, 2.24) is 0 Å². The van der Waals surface area contributed by atoms with Gasteiger partial charge in [0.05, 0.1) is 6.10 Å². The quantitative estimate of drug-likeness (QED) is 0.605. The molecular formula is C24H24O2. The highest BCUT2D eigenvalue weighted by Crippen LogP contribution is 2.32. The van der Waals surface area contributed by atoms with Gasteiger partial charge in [0.15, 0.2) is 0 Å². The molecule has 1 unspecified atom stereocenters. The molecule has 0 fully saturated rings. The van der Waals surface area contributed by atoms with Crippen LogP contribution in [0.15, 0.2) is 84.9 Å². The van der Waals surface area contributed by atoms with E-state index in [2.05, 4.69) is 67.6 Å². The Kier molecular flexibility index (Phi) is 5.88. The predicted octanol–water partition coefficient (Wildman–Crippen LogP) is 5.43. The number of ether oxygens (including phenoxy) is 1. The fourth-order valence-electron chi connectivity index (χ4n) is 2.97. The minimum atomic E-state index is -0.477. The normalized spacial score (nSPS) is 13.0. The van der Waals surface area contributed by atoms with E-state index in [-0.39, 0.29) is 0 Å². The summed E-state index contributed by atoms with van der Waals surface area (Å²) < 4.78 is 5.59. The Labute approximate surface area is 155 Å². The van der Waals surface area contributed by atoms with E-state index in [1.54, 1.807) is 6.92 Å². The molecule has 0 saturated heterocycles. The van der Waals surface area contributed by atoms with Crippen LogP contribution in [0.5, 0.6) is 5.75 Å². The molecule has 26 heavy (non-hydrogen) atoms. The zero-order valence-electron chi connectivity index (χ0n) is 15.2. The van der Waals surface area contributed by atoms with Crippen molar-refractivity contribution in [3.8, 4) is 5.75 Å². The second kappa shape index (κ2) is 8.50. The van der Waals surface area contributed by atoms with Crippen molar-refractivity contribution in [2.24, 2.45) is 0 Å². The van der Waals surface area contributed by atoms with E-state index >= 15 is 0 Å². The van der Waals surface area contributed by atoms with Gasteiger partial charge in [-0.3, -0.25) is 0 Å². The number of rotatable bonds is 6. The molecule has 0 bridgehead atoms. The van der Waals surface area contributed by atoms with Crippen LogP contribution >= 0.6 is 0 Å². The van der Waals surface area contributed by atoms with Gasteiger partial charge in [-0.05, 0) is 53.8 Å². The van der Waals surface area contributed by atoms with Gasteiger partial charge >= 0.3 is 0 Å². The molecule has 0 saturated carbocycles. The minimum Gasteiger partial charge on any atom is -0.491 e. The molecule has 3 aromatic rings. The number of aliphatic hydroxyl groups is 1. The van der Waals surface area contributed by atoms with Crippen LogP contribution in [0.25, 0.3) is 11.1 Å². The standard InChI is InChI=1S/C24H24O2/c1-18(25)17-26-23-15-13-22(14-16-23)24(21-11-7-4-8-12-21)19(2)20-9-5-3-6-10-20/h3-16,18,25H,17H2,1-2H3/b24-19+. The van der Waals surface area contributed by atoms with Crippen molar-refractivity contribution in [1.29, 1.82) is 0 Å². The molecule has 3 aromatic carbocycles. The Balaban J connectivity index is 2.02. The Morgan fingerprint density at radius 1 is 0.769 bits per heavy atom. The van der Waals surface area contributed by atoms with Gasteiger partial charge in [0.2, 0.25) is 0 Å². The maximum atomic E-state index is 9.37. The maximum Gasteiger partial charge on any atom is 0.119 e. The van der Waals surface area contributed by atoms with Crippen LogP contribution in [0.1, 0.15) is 30.5 Å². The second-order valence-corrected chi connectivity index (χ2v) is 6.42. The van der Waals surface area contributed by atoms with Crippen molar-refractivity contribution in [3.63, 3.8) is 0 Å². The highest BCUT2D eigenvalue weighted by Gasteiger charge is 2.11. The fourth-order valence-corrected chi connectivity index (χ4v) is 2.97. The maximum absolute atomic E-state index is 9.37. The van der Waals surface area contributed by atoms with Crippen LogP contribution in [0.3, 0.4) is 0 Å². The van der Waals surface area contributed by atoms with Crippen LogP contribution in [0, 0.1) is 0 Å². The smallest absolute Gasteiger partial charge is 0.119 e. The predicted molar refractivity (Wildman–Crippen MR) is 108 cm³/mol. The number of benzene rings is 3. The topological polar surface area (TPSA) is 29.5 Å². The lowest BCUT2D eigenvalue weighted by atomic mass is 9.90. The summed E-state index contributed by atoms with van der Waals surface area (Å²) in [6, 6.07) is 28.9. The molecule has 1 N–H and O–H groups in total. The Morgan fingerprint density at radius 2 is 1.27 bits per heavy atom. The van der Waals surface area contributed by atoms with Crippen LogP contribution in [-0.2, 0) is 0 Å². The molecule has 0 heterocycles. The molecule has 3 rings (SSSR count). The molecule has 0 aliphatic heterocycles. The first kappa shape index (κ1) is 18.0. The molecule has 0 aliphatic rings. The number of hydrogen-bond acceptors (Lipinski definition) is 2. The Morgan fingerprint density at radius 3 is 1.81 bits per heavy atom. The molecule has 0 aliphatic carbocycles. The van der Waals surface area contributed by atoms with Gasteiger partial charge in [-0.2, -0.15) is 0 Å². The van der Waals surface area contributed by atoms with Crippen molar-refractivity contribution in [2.45, 2.75) is 20.0 Å². The lowest BCUT2D eigenvalue weighted by molar-refractivity contribution is 0.123. The van der Waals surface area contributed by atoms with Crippen LogP contribution in [0.2, 0.25) is 0 Å². The largest absolute Gasteiger partial charge is 0.491 e. The van der Waals surface area contributed by atoms with Crippen molar-refractivity contribution in [3.05, 3.63) is 102 Å². The van der Waals surface area contributed by atoms with E-state index in [0.717, 1.165) is 11.3 Å².